The van der Waals surface area contributed by atoms with Gasteiger partial charge in [-0.05, 0) is 73.8 Å². The van der Waals surface area contributed by atoms with Gasteiger partial charge in [0.25, 0.3) is 0 Å². The molecule has 178 valence electrons. The SMILES string of the molecule is COc1ccc(N(Cc2cccs2)C(=O)CN2CCC(C(=O)Nc3ccccc3O)CC2)cc1. The first-order valence-electron chi connectivity index (χ1n) is 11.3. The maximum Gasteiger partial charge on any atom is 0.241 e. The third-order valence-corrected chi connectivity index (χ3v) is 6.92. The lowest BCUT2D eigenvalue weighted by Gasteiger charge is -2.32. The molecule has 8 heteroatoms. The molecule has 0 unspecified atom stereocenters. The number of hydrogen-bond donors (Lipinski definition) is 2. The van der Waals surface area contributed by atoms with E-state index in [4.69, 9.17) is 4.74 Å². The van der Waals surface area contributed by atoms with E-state index in [2.05, 4.69) is 10.2 Å². The van der Waals surface area contributed by atoms with Crippen molar-refractivity contribution in [3.05, 3.63) is 70.9 Å². The molecule has 7 nitrogen and oxygen atoms in total. The molecule has 2 N–H and O–H groups in total. The predicted molar refractivity (Wildman–Crippen MR) is 134 cm³/mol. The van der Waals surface area contributed by atoms with Crippen molar-refractivity contribution in [2.75, 3.05) is 37.0 Å². The Balaban J connectivity index is 1.35. The third-order valence-electron chi connectivity index (χ3n) is 6.06. The quantitative estimate of drug-likeness (QED) is 0.470. The zero-order valence-corrected chi connectivity index (χ0v) is 20.0. The first-order chi connectivity index (χ1) is 16.5. The first-order valence-corrected chi connectivity index (χ1v) is 12.2. The van der Waals surface area contributed by atoms with Crippen LogP contribution in [0.1, 0.15) is 17.7 Å². The second kappa shape index (κ2) is 11.2. The summed E-state index contributed by atoms with van der Waals surface area (Å²) in [4.78, 5) is 31.0. The normalized spacial score (nSPS) is 14.5. The molecule has 0 bridgehead atoms. The number of rotatable bonds is 8. The molecule has 2 heterocycles. The molecule has 1 aliphatic rings. The van der Waals surface area contributed by atoms with E-state index in [1.54, 1.807) is 42.7 Å². The maximum atomic E-state index is 13.3. The lowest BCUT2D eigenvalue weighted by molar-refractivity contribution is -0.122. The van der Waals surface area contributed by atoms with Gasteiger partial charge in [-0.1, -0.05) is 18.2 Å². The summed E-state index contributed by atoms with van der Waals surface area (Å²) in [5.74, 6) is 0.593. The number of phenolic OH excluding ortho intramolecular Hbond substituents is 1. The summed E-state index contributed by atoms with van der Waals surface area (Å²) >= 11 is 1.63. The number of likely N-dealkylation sites (tertiary alicyclic amines) is 1. The fraction of sp³-hybridized carbons (Fsp3) is 0.308. The molecule has 1 aliphatic heterocycles. The number of thiophene rings is 1. The van der Waals surface area contributed by atoms with Gasteiger partial charge < -0.3 is 20.1 Å². The zero-order chi connectivity index (χ0) is 23.9. The summed E-state index contributed by atoms with van der Waals surface area (Å²) in [6.45, 7) is 2.15. The molecule has 4 rings (SSSR count). The lowest BCUT2D eigenvalue weighted by Crippen LogP contribution is -2.44. The molecule has 0 spiro atoms. The molecule has 0 aliphatic carbocycles. The van der Waals surface area contributed by atoms with Crippen molar-refractivity contribution in [2.24, 2.45) is 5.92 Å². The Hall–Kier alpha value is -3.36. The number of carbonyl (C=O) groups excluding carboxylic acids is 2. The smallest absolute Gasteiger partial charge is 0.241 e. The number of anilines is 2. The Morgan fingerprint density at radius 2 is 1.82 bits per heavy atom. The number of carbonyl (C=O) groups is 2. The highest BCUT2D eigenvalue weighted by molar-refractivity contribution is 7.09. The van der Waals surface area contributed by atoms with Gasteiger partial charge in [0.15, 0.2) is 0 Å². The van der Waals surface area contributed by atoms with E-state index < -0.39 is 0 Å². The van der Waals surface area contributed by atoms with E-state index in [-0.39, 0.29) is 23.5 Å². The highest BCUT2D eigenvalue weighted by Gasteiger charge is 2.28. The van der Waals surface area contributed by atoms with Crippen LogP contribution in [0, 0.1) is 5.92 Å². The third kappa shape index (κ3) is 5.95. The van der Waals surface area contributed by atoms with Crippen LogP contribution in [0.4, 0.5) is 11.4 Å². The van der Waals surface area contributed by atoms with E-state index in [0.29, 0.717) is 44.7 Å². The fourth-order valence-corrected chi connectivity index (χ4v) is 4.78. The second-order valence-corrected chi connectivity index (χ2v) is 9.35. The highest BCUT2D eigenvalue weighted by Crippen LogP contribution is 2.26. The van der Waals surface area contributed by atoms with Crippen molar-refractivity contribution in [1.29, 1.82) is 0 Å². The van der Waals surface area contributed by atoms with E-state index >= 15 is 0 Å². The second-order valence-electron chi connectivity index (χ2n) is 8.31. The van der Waals surface area contributed by atoms with Gasteiger partial charge in [-0.3, -0.25) is 14.5 Å². The van der Waals surface area contributed by atoms with E-state index in [0.717, 1.165) is 16.3 Å². The minimum absolute atomic E-state index is 0.0238. The number of nitrogens with one attached hydrogen (secondary N) is 1. The van der Waals surface area contributed by atoms with Crippen molar-refractivity contribution in [3.8, 4) is 11.5 Å². The van der Waals surface area contributed by atoms with Crippen molar-refractivity contribution >= 4 is 34.5 Å². The van der Waals surface area contributed by atoms with E-state index in [9.17, 15) is 14.7 Å². The zero-order valence-electron chi connectivity index (χ0n) is 19.1. The summed E-state index contributed by atoms with van der Waals surface area (Å²) in [7, 11) is 1.62. The number of nitrogens with zero attached hydrogens (tertiary/aromatic N) is 2. The number of methoxy groups -OCH3 is 1. The Morgan fingerprint density at radius 1 is 1.09 bits per heavy atom. The minimum Gasteiger partial charge on any atom is -0.506 e. The van der Waals surface area contributed by atoms with Gasteiger partial charge in [-0.15, -0.1) is 11.3 Å². The van der Waals surface area contributed by atoms with Crippen molar-refractivity contribution in [2.45, 2.75) is 19.4 Å². The van der Waals surface area contributed by atoms with E-state index in [1.807, 2.05) is 46.7 Å². The van der Waals surface area contributed by atoms with Gasteiger partial charge in [0.2, 0.25) is 11.8 Å². The lowest BCUT2D eigenvalue weighted by atomic mass is 9.95. The Labute approximate surface area is 203 Å². The number of amides is 2. The van der Waals surface area contributed by atoms with Gasteiger partial charge >= 0.3 is 0 Å². The summed E-state index contributed by atoms with van der Waals surface area (Å²) in [5.41, 5.74) is 1.25. The summed E-state index contributed by atoms with van der Waals surface area (Å²) in [6.07, 6.45) is 1.33. The average Bonchev–Trinajstić information content (AvgIpc) is 3.38. The van der Waals surface area contributed by atoms with Gasteiger partial charge in [0, 0.05) is 16.5 Å². The Bertz CT molecular complexity index is 1090. The van der Waals surface area contributed by atoms with Crippen molar-refractivity contribution < 1.29 is 19.4 Å². The van der Waals surface area contributed by atoms with Crippen LogP contribution in [0.25, 0.3) is 0 Å². The molecule has 34 heavy (non-hydrogen) atoms. The topological polar surface area (TPSA) is 82.1 Å². The molecule has 1 fully saturated rings. The Morgan fingerprint density at radius 3 is 2.47 bits per heavy atom. The van der Waals surface area contributed by atoms with Crippen LogP contribution < -0.4 is 15.0 Å². The molecule has 0 atom stereocenters. The average molecular weight is 480 g/mol. The molecule has 0 saturated carbocycles. The van der Waals surface area contributed by atoms with Crippen LogP contribution in [-0.2, 0) is 16.1 Å². The number of phenols is 1. The molecule has 1 saturated heterocycles. The molecule has 2 aromatic carbocycles. The van der Waals surface area contributed by atoms with Gasteiger partial charge in [-0.2, -0.15) is 0 Å². The molecular weight excluding hydrogens is 450 g/mol. The van der Waals surface area contributed by atoms with Crippen LogP contribution >= 0.6 is 11.3 Å². The Kier molecular flexibility index (Phi) is 7.82. The van der Waals surface area contributed by atoms with E-state index in [1.165, 1.54) is 0 Å². The maximum absolute atomic E-state index is 13.3. The van der Waals surface area contributed by atoms with Crippen LogP contribution in [0.15, 0.2) is 66.0 Å². The number of benzene rings is 2. The number of hydrogen-bond acceptors (Lipinski definition) is 6. The summed E-state index contributed by atoms with van der Waals surface area (Å²) < 4.78 is 5.25. The number of piperidine rings is 1. The van der Waals surface area contributed by atoms with Crippen molar-refractivity contribution in [1.82, 2.24) is 4.90 Å². The summed E-state index contributed by atoms with van der Waals surface area (Å²) in [6, 6.07) is 18.3. The van der Waals surface area contributed by atoms with Gasteiger partial charge in [-0.25, -0.2) is 0 Å². The van der Waals surface area contributed by atoms with Crippen molar-refractivity contribution in [3.63, 3.8) is 0 Å². The predicted octanol–water partition coefficient (Wildman–Crippen LogP) is 4.35. The molecule has 2 amide bonds. The molecule has 3 aromatic rings. The van der Waals surface area contributed by atoms with Crippen LogP contribution in [0.2, 0.25) is 0 Å². The van der Waals surface area contributed by atoms with Gasteiger partial charge in [0.05, 0.1) is 25.9 Å². The largest absolute Gasteiger partial charge is 0.506 e. The number of ether oxygens (including phenoxy) is 1. The first kappa shape index (κ1) is 23.8. The van der Waals surface area contributed by atoms with Crippen LogP contribution in [0.5, 0.6) is 11.5 Å². The summed E-state index contributed by atoms with van der Waals surface area (Å²) in [5, 5.41) is 14.7. The fourth-order valence-electron chi connectivity index (χ4n) is 4.09. The van der Waals surface area contributed by atoms with Crippen LogP contribution in [-0.4, -0.2) is 48.6 Å². The monoisotopic (exact) mass is 479 g/mol. The molecular formula is C26H29N3O4S. The highest BCUT2D eigenvalue weighted by atomic mass is 32.1. The molecule has 0 radical (unpaired) electrons. The minimum atomic E-state index is -0.144. The van der Waals surface area contributed by atoms with Crippen LogP contribution in [0.3, 0.4) is 0 Å². The number of aromatic hydroxyl groups is 1. The number of para-hydroxylation sites is 2. The standard InChI is InChI=1S/C26H29N3O4S/c1-33-21-10-8-20(9-11-21)29(17-22-5-4-16-34-22)25(31)18-28-14-12-19(13-15-28)26(32)27-23-6-2-3-7-24(23)30/h2-11,16,19,30H,12-15,17-18H2,1H3,(H,27,32). The van der Waals surface area contributed by atoms with Gasteiger partial charge in [0.1, 0.15) is 11.5 Å². The molecule has 1 aromatic heterocycles.